The van der Waals surface area contributed by atoms with Gasteiger partial charge in [0, 0.05) is 67.1 Å². The molecule has 7 fully saturated rings. The lowest BCUT2D eigenvalue weighted by molar-refractivity contribution is -0.168. The maximum Gasteiger partial charge on any atom is 0.303 e. The fraction of sp³-hybridized carbons (Fsp3) is 0.732. The van der Waals surface area contributed by atoms with Crippen LogP contribution in [-0.2, 0) is 27.3 Å². The summed E-state index contributed by atoms with van der Waals surface area (Å²) in [6.45, 7) is 2.98. The fourth-order valence-corrected chi connectivity index (χ4v) is 20.2. The monoisotopic (exact) mass is 967 g/mol. The van der Waals surface area contributed by atoms with E-state index in [0.717, 1.165) is 119 Å². The van der Waals surface area contributed by atoms with Crippen LogP contribution in [0.5, 0.6) is 11.5 Å². The minimum Gasteiger partial charge on any atom is -0.504 e. The van der Waals surface area contributed by atoms with E-state index < -0.39 is 11.7 Å². The van der Waals surface area contributed by atoms with Crippen molar-refractivity contribution in [2.24, 2.45) is 39.3 Å². The first-order chi connectivity index (χ1) is 32.9. The lowest BCUT2D eigenvalue weighted by Crippen LogP contribution is -2.55. The number of nitrogens with two attached hydrogens (primary N) is 1. The summed E-state index contributed by atoms with van der Waals surface area (Å²) in [5, 5.41) is 28.4. The number of hydrogen-bond acceptors (Lipinski definition) is 11. The van der Waals surface area contributed by atoms with E-state index in [4.69, 9.17) is 20.2 Å². The van der Waals surface area contributed by atoms with Crippen molar-refractivity contribution in [3.8, 4) is 11.5 Å². The number of guanidine groups is 1. The molecule has 2 aromatic carbocycles. The summed E-state index contributed by atoms with van der Waals surface area (Å²) in [5.41, 5.74) is 10.2. The Bertz CT molecular complexity index is 2230. The van der Waals surface area contributed by atoms with Gasteiger partial charge in [-0.1, -0.05) is 77.6 Å². The summed E-state index contributed by atoms with van der Waals surface area (Å²) in [7, 11) is 4.04. The summed E-state index contributed by atoms with van der Waals surface area (Å²) in [6, 6.07) is 13.0. The number of nitrogens with one attached hydrogen (secondary N) is 1. The maximum absolute atomic E-state index is 14.8. The van der Waals surface area contributed by atoms with Crippen LogP contribution in [0, 0.1) is 28.6 Å². The molecule has 68 heavy (non-hydrogen) atoms. The highest BCUT2D eigenvalue weighted by Gasteiger charge is 2.59. The number of phenols is 1. The molecule has 10 unspecified atom stereocenters. The van der Waals surface area contributed by atoms with Crippen LogP contribution in [0.25, 0.3) is 0 Å². The van der Waals surface area contributed by atoms with Gasteiger partial charge < -0.3 is 35.6 Å². The molecule has 10 atom stereocenters. The Labute approximate surface area is 413 Å². The third kappa shape index (κ3) is 8.45. The SMILES string of the molecule is CC(=O)OC12CCc3cc(c(O)c4c3C3CCC5(CCCC5C3)O4)CN3CC4(CC3=O)C(CCC4c3ccccc3)CN=C(N)NC3(CCCC34CCCC4)SSCCCCCC(CC1)C(O)C2. The second kappa shape index (κ2) is 18.8. The number of hydrogen-bond donors (Lipinski definition) is 4. The molecule has 5 heterocycles. The molecule has 12 heteroatoms. The van der Waals surface area contributed by atoms with Gasteiger partial charge in [-0.05, 0) is 169 Å². The minimum atomic E-state index is -0.765. The molecule has 1 saturated heterocycles. The average Bonchev–Trinajstić information content (AvgIpc) is 4.14. The number of phenolic OH excluding ortho intramolecular Hbond substituents is 1. The Balaban J connectivity index is 0.959. The first-order valence-corrected chi connectivity index (χ1v) is 29.4. The molecule has 5 aliphatic heterocycles. The smallest absolute Gasteiger partial charge is 0.303 e. The first kappa shape index (κ1) is 47.2. The lowest BCUT2D eigenvalue weighted by Gasteiger charge is -2.44. The number of carbonyl (C=O) groups is 2. The van der Waals surface area contributed by atoms with Gasteiger partial charge in [-0.2, -0.15) is 0 Å². The Kier molecular flexibility index (Phi) is 13.1. The van der Waals surface area contributed by atoms with Crippen LogP contribution < -0.4 is 15.8 Å². The Morgan fingerprint density at radius 2 is 1.74 bits per heavy atom. The van der Waals surface area contributed by atoms with Crippen LogP contribution in [0.4, 0.5) is 0 Å². The molecule has 6 aliphatic carbocycles. The number of carbonyl (C=O) groups excluding carboxylic acids is 2. The Morgan fingerprint density at radius 3 is 2.56 bits per heavy atom. The first-order valence-electron chi connectivity index (χ1n) is 27.1. The zero-order chi connectivity index (χ0) is 46.7. The highest BCUT2D eigenvalue weighted by molar-refractivity contribution is 8.77. The highest BCUT2D eigenvalue weighted by Crippen LogP contribution is 2.64. The van der Waals surface area contributed by atoms with Crippen molar-refractivity contribution in [1.29, 1.82) is 0 Å². The number of ether oxygens (including phenoxy) is 2. The summed E-state index contributed by atoms with van der Waals surface area (Å²) in [5.74, 6) is 3.58. The van der Waals surface area contributed by atoms with Gasteiger partial charge in [0.1, 0.15) is 16.1 Å². The standard InChI is InChI=1S/C56H78N4O6S2/c1-37(61)65-53-26-18-39(46(62)32-53)14-6-3-9-29-67-68-56(25-11-23-52(56)21-7-8-22-52)59-51(57)58-34-44-16-17-45(38-12-4-2-5-13-38)54(44)33-47(63)60(36-54)35-42-30-40(19-27-53)48-41-20-28-55(66-50(48)49(42)64)24-10-15-43(55)31-41/h2,4-5,12-13,30,39,41,43-46,62,64H,3,6-11,14-29,31-36H2,1H3,(H3,57,58,59). The van der Waals surface area contributed by atoms with E-state index in [1.807, 2.05) is 26.5 Å². The van der Waals surface area contributed by atoms with E-state index in [1.54, 1.807) is 0 Å². The highest BCUT2D eigenvalue weighted by atomic mass is 33.1. The van der Waals surface area contributed by atoms with Crippen LogP contribution >= 0.6 is 21.6 Å². The minimum absolute atomic E-state index is 0.123. The van der Waals surface area contributed by atoms with Crippen molar-refractivity contribution in [3.63, 3.8) is 0 Å². The van der Waals surface area contributed by atoms with Gasteiger partial charge in [0.2, 0.25) is 5.91 Å². The molecule has 1 amide bonds. The van der Waals surface area contributed by atoms with E-state index in [-0.39, 0.29) is 62.6 Å². The summed E-state index contributed by atoms with van der Waals surface area (Å²) >= 11 is 0. The molecule has 2 aromatic rings. The maximum atomic E-state index is 14.8. The van der Waals surface area contributed by atoms with Gasteiger partial charge in [-0.25, -0.2) is 0 Å². The van der Waals surface area contributed by atoms with Crippen molar-refractivity contribution < 1.29 is 29.3 Å². The van der Waals surface area contributed by atoms with E-state index in [9.17, 15) is 19.8 Å². The molecule has 370 valence electrons. The molecule has 5 N–H and O–H groups in total. The van der Waals surface area contributed by atoms with Crippen LogP contribution in [0.2, 0.25) is 0 Å². The van der Waals surface area contributed by atoms with Crippen LogP contribution in [0.3, 0.4) is 0 Å². The number of nitrogens with zero attached hydrogens (tertiary/aromatic N) is 2. The van der Waals surface area contributed by atoms with Crippen LogP contribution in [-0.4, -0.2) is 74.0 Å². The van der Waals surface area contributed by atoms with E-state index in [0.29, 0.717) is 62.9 Å². The molecular weight excluding hydrogens is 889 g/mol. The van der Waals surface area contributed by atoms with Gasteiger partial charge in [-0.15, -0.1) is 0 Å². The predicted octanol–water partition coefficient (Wildman–Crippen LogP) is 11.2. The van der Waals surface area contributed by atoms with Crippen molar-refractivity contribution >= 4 is 39.4 Å². The molecule has 0 aromatic heterocycles. The Hall–Kier alpha value is -3.09. The molecule has 13 rings (SSSR count). The van der Waals surface area contributed by atoms with Gasteiger partial charge in [-0.3, -0.25) is 14.6 Å². The number of aliphatic imine (C=N–C) groups is 1. The van der Waals surface area contributed by atoms with E-state index in [2.05, 4.69) is 41.7 Å². The van der Waals surface area contributed by atoms with Crippen LogP contribution in [0.15, 0.2) is 41.4 Å². The van der Waals surface area contributed by atoms with Gasteiger partial charge >= 0.3 is 5.97 Å². The predicted molar refractivity (Wildman–Crippen MR) is 272 cm³/mol. The van der Waals surface area contributed by atoms with Gasteiger partial charge in [0.25, 0.3) is 0 Å². The average molecular weight is 967 g/mol. The number of fused-ring (bicyclic) bond motifs is 12. The molecule has 10 nitrogen and oxygen atoms in total. The topological polar surface area (TPSA) is 147 Å². The molecule has 4 spiro atoms. The third-order valence-electron chi connectivity index (χ3n) is 20.0. The zero-order valence-corrected chi connectivity index (χ0v) is 42.4. The van der Waals surface area contributed by atoms with Crippen molar-refractivity contribution in [3.05, 3.63) is 58.7 Å². The number of aliphatic hydroxyl groups is 1. The second-order valence-electron chi connectivity index (χ2n) is 23.5. The Morgan fingerprint density at radius 1 is 0.897 bits per heavy atom. The third-order valence-corrected chi connectivity index (χ3v) is 23.3. The zero-order valence-electron chi connectivity index (χ0n) is 40.7. The van der Waals surface area contributed by atoms with Gasteiger partial charge in [0.15, 0.2) is 17.5 Å². The lowest BCUT2D eigenvalue weighted by atomic mass is 9.68. The fourth-order valence-electron chi connectivity index (χ4n) is 16.6. The summed E-state index contributed by atoms with van der Waals surface area (Å²) in [4.78, 5) is 34.8. The molecule has 11 aliphatic rings. The number of aryl methyl sites for hydroxylation is 1. The van der Waals surface area contributed by atoms with E-state index >= 15 is 0 Å². The van der Waals surface area contributed by atoms with Crippen molar-refractivity contribution in [2.75, 3.05) is 18.8 Å². The molecule has 0 radical (unpaired) electrons. The quantitative estimate of drug-likeness (QED) is 0.169. The van der Waals surface area contributed by atoms with Crippen molar-refractivity contribution in [1.82, 2.24) is 10.2 Å². The number of aliphatic hydroxyl groups excluding tert-OH is 1. The number of benzene rings is 2. The summed E-state index contributed by atoms with van der Waals surface area (Å²) < 4.78 is 13.6. The number of rotatable bonds is 2. The second-order valence-corrected chi connectivity index (χ2v) is 26.2. The molecule has 8 bridgehead atoms. The normalized spacial score (nSPS) is 38.4. The van der Waals surface area contributed by atoms with Gasteiger partial charge in [0.05, 0.1) is 6.10 Å². The number of esters is 1. The molecule has 6 saturated carbocycles. The van der Waals surface area contributed by atoms with Crippen molar-refractivity contribution in [2.45, 2.75) is 208 Å². The van der Waals surface area contributed by atoms with Crippen LogP contribution in [0.1, 0.15) is 195 Å². The molecular formula is C56H78N4O6S2. The largest absolute Gasteiger partial charge is 0.504 e. The number of aromatic hydroxyl groups is 1. The summed E-state index contributed by atoms with van der Waals surface area (Å²) in [6.07, 6.45) is 24.4. The number of amides is 1. The van der Waals surface area contributed by atoms with E-state index in [1.165, 1.54) is 51.0 Å².